The number of nitrogens with one attached hydrogen (secondary N) is 2. The molecule has 0 spiro atoms. The molecule has 0 heterocycles. The Hall–Kier alpha value is -0.450. The smallest absolute Gasteiger partial charge is 0.103 e. The fraction of sp³-hybridized carbons (Fsp3) is 0.455. The van der Waals surface area contributed by atoms with Crippen LogP contribution in [0.3, 0.4) is 0 Å². The molecule has 1 fully saturated rings. The molecule has 0 saturated heterocycles. The topological polar surface area (TPSA) is 33.3 Å². The first kappa shape index (κ1) is 12.0. The van der Waals surface area contributed by atoms with Crippen LogP contribution in [0.4, 0.5) is 11.4 Å². The molecule has 16 heavy (non-hydrogen) atoms. The van der Waals surface area contributed by atoms with Crippen molar-refractivity contribution in [2.45, 2.75) is 12.8 Å². The van der Waals surface area contributed by atoms with E-state index in [0.29, 0.717) is 5.02 Å². The first-order valence-electron chi connectivity index (χ1n) is 5.23. The first-order chi connectivity index (χ1) is 7.72. The summed E-state index contributed by atoms with van der Waals surface area (Å²) in [5, 5.41) is 4.01. The highest BCUT2D eigenvalue weighted by Crippen LogP contribution is 2.37. The number of rotatable bonds is 5. The van der Waals surface area contributed by atoms with E-state index in [4.69, 9.17) is 16.4 Å². The summed E-state index contributed by atoms with van der Waals surface area (Å²) in [4.78, 5) is 4.93. The zero-order valence-electron chi connectivity index (χ0n) is 9.02. The molecule has 5 heteroatoms. The first-order valence-corrected chi connectivity index (χ1v) is 6.40. The molecular weight excluding hydrogens is 291 g/mol. The van der Waals surface area contributed by atoms with Crippen molar-refractivity contribution in [2.24, 2.45) is 5.92 Å². The minimum Gasteiger partial charge on any atom is -0.383 e. The summed E-state index contributed by atoms with van der Waals surface area (Å²) in [6, 6.07) is 3.91. The van der Waals surface area contributed by atoms with Crippen LogP contribution >= 0.6 is 27.5 Å². The molecule has 2 N–H and O–H groups in total. The summed E-state index contributed by atoms with van der Waals surface area (Å²) in [7, 11) is 1.57. The van der Waals surface area contributed by atoms with Gasteiger partial charge in [-0.2, -0.15) is 0 Å². The molecule has 0 aromatic heterocycles. The third kappa shape index (κ3) is 2.81. The molecule has 3 nitrogen and oxygen atoms in total. The Balaban J connectivity index is 2.16. The monoisotopic (exact) mass is 304 g/mol. The lowest BCUT2D eigenvalue weighted by Crippen LogP contribution is -2.07. The van der Waals surface area contributed by atoms with Gasteiger partial charge in [-0.3, -0.25) is 10.3 Å². The Morgan fingerprint density at radius 1 is 1.50 bits per heavy atom. The minimum atomic E-state index is 0.627. The lowest BCUT2D eigenvalue weighted by Gasteiger charge is -2.14. The average Bonchev–Trinajstić information content (AvgIpc) is 3.08. The van der Waals surface area contributed by atoms with Gasteiger partial charge < -0.3 is 5.32 Å². The van der Waals surface area contributed by atoms with Crippen LogP contribution in [0.2, 0.25) is 5.02 Å². The van der Waals surface area contributed by atoms with E-state index in [-0.39, 0.29) is 0 Å². The maximum absolute atomic E-state index is 6.18. The highest BCUT2D eigenvalue weighted by Gasteiger charge is 2.21. The Morgan fingerprint density at radius 2 is 2.25 bits per heavy atom. The zero-order chi connectivity index (χ0) is 11.5. The van der Waals surface area contributed by atoms with Crippen molar-refractivity contribution in [3.8, 4) is 0 Å². The fourth-order valence-corrected chi connectivity index (χ4v) is 2.01. The van der Waals surface area contributed by atoms with Crippen LogP contribution in [-0.4, -0.2) is 13.7 Å². The van der Waals surface area contributed by atoms with Gasteiger partial charge in [0.1, 0.15) is 5.69 Å². The van der Waals surface area contributed by atoms with E-state index in [1.165, 1.54) is 12.8 Å². The van der Waals surface area contributed by atoms with Crippen LogP contribution in [0.25, 0.3) is 0 Å². The van der Waals surface area contributed by atoms with Gasteiger partial charge in [0, 0.05) is 11.0 Å². The van der Waals surface area contributed by atoms with Crippen LogP contribution in [0, 0.1) is 5.92 Å². The molecule has 0 amide bonds. The van der Waals surface area contributed by atoms with Crippen molar-refractivity contribution < 1.29 is 4.84 Å². The highest BCUT2D eigenvalue weighted by molar-refractivity contribution is 9.10. The van der Waals surface area contributed by atoms with Gasteiger partial charge in [0.15, 0.2) is 0 Å². The number of anilines is 2. The molecule has 88 valence electrons. The SMILES string of the molecule is CONc1c(NCC2CC2)ccc(Br)c1Cl. The minimum absolute atomic E-state index is 0.627. The molecule has 1 aliphatic rings. The molecule has 1 aromatic rings. The van der Waals surface area contributed by atoms with Crippen LogP contribution in [0.1, 0.15) is 12.8 Å². The Morgan fingerprint density at radius 3 is 2.88 bits per heavy atom. The maximum Gasteiger partial charge on any atom is 0.103 e. The van der Waals surface area contributed by atoms with Crippen molar-refractivity contribution in [3.63, 3.8) is 0 Å². The number of hydrogen-bond acceptors (Lipinski definition) is 3. The Kier molecular flexibility index (Phi) is 3.95. The lowest BCUT2D eigenvalue weighted by molar-refractivity contribution is 0.271. The fourth-order valence-electron chi connectivity index (χ4n) is 1.48. The molecule has 0 atom stereocenters. The molecular formula is C11H14BrClN2O. The second kappa shape index (κ2) is 5.25. The van der Waals surface area contributed by atoms with Gasteiger partial charge in [-0.1, -0.05) is 11.6 Å². The van der Waals surface area contributed by atoms with Crippen molar-refractivity contribution >= 4 is 38.9 Å². The zero-order valence-corrected chi connectivity index (χ0v) is 11.4. The largest absolute Gasteiger partial charge is 0.383 e. The lowest BCUT2D eigenvalue weighted by atomic mass is 10.2. The normalized spacial score (nSPS) is 14.9. The summed E-state index contributed by atoms with van der Waals surface area (Å²) < 4.78 is 0.852. The number of benzene rings is 1. The van der Waals surface area contributed by atoms with E-state index >= 15 is 0 Å². The third-order valence-corrected chi connectivity index (χ3v) is 3.86. The van der Waals surface area contributed by atoms with Gasteiger partial charge in [0.2, 0.25) is 0 Å². The molecule has 0 radical (unpaired) electrons. The highest BCUT2D eigenvalue weighted by atomic mass is 79.9. The number of hydrogen-bond donors (Lipinski definition) is 2. The van der Waals surface area contributed by atoms with Gasteiger partial charge in [0.05, 0.1) is 17.8 Å². The third-order valence-electron chi connectivity index (χ3n) is 2.58. The molecule has 1 aliphatic carbocycles. The molecule has 2 rings (SSSR count). The van der Waals surface area contributed by atoms with Gasteiger partial charge in [-0.05, 0) is 46.8 Å². The second-order valence-corrected chi connectivity index (χ2v) is 5.15. The molecule has 1 aromatic carbocycles. The van der Waals surface area contributed by atoms with Crippen LogP contribution in [-0.2, 0) is 4.84 Å². The van der Waals surface area contributed by atoms with E-state index in [2.05, 4.69) is 26.7 Å². The summed E-state index contributed by atoms with van der Waals surface area (Å²) in [5.74, 6) is 0.817. The summed E-state index contributed by atoms with van der Waals surface area (Å²) >= 11 is 9.57. The van der Waals surface area contributed by atoms with Crippen molar-refractivity contribution in [3.05, 3.63) is 21.6 Å². The van der Waals surface area contributed by atoms with Gasteiger partial charge >= 0.3 is 0 Å². The van der Waals surface area contributed by atoms with Crippen molar-refractivity contribution in [1.82, 2.24) is 0 Å². The van der Waals surface area contributed by atoms with Crippen LogP contribution in [0.15, 0.2) is 16.6 Å². The van der Waals surface area contributed by atoms with Crippen molar-refractivity contribution in [2.75, 3.05) is 24.5 Å². The Bertz CT molecular complexity index is 382. The predicted octanol–water partition coefficient (Wildman–Crippen LogP) is 3.90. The molecule has 0 aliphatic heterocycles. The standard InChI is InChI=1S/C11H14BrClN2O/c1-16-15-11-9(14-6-7-2-3-7)5-4-8(12)10(11)13/h4-5,7,14-15H,2-3,6H2,1H3. The van der Waals surface area contributed by atoms with E-state index in [0.717, 1.165) is 28.3 Å². The summed E-state index contributed by atoms with van der Waals surface area (Å²) in [6.45, 7) is 0.996. The quantitative estimate of drug-likeness (QED) is 0.810. The molecule has 1 saturated carbocycles. The summed E-state index contributed by atoms with van der Waals surface area (Å²) in [5.41, 5.74) is 4.56. The number of halogens is 2. The van der Waals surface area contributed by atoms with Gasteiger partial charge in [-0.25, -0.2) is 0 Å². The average molecular weight is 306 g/mol. The van der Waals surface area contributed by atoms with Crippen LogP contribution in [0.5, 0.6) is 0 Å². The Labute approximate surface area is 109 Å². The molecule has 0 bridgehead atoms. The maximum atomic E-state index is 6.18. The van der Waals surface area contributed by atoms with E-state index in [9.17, 15) is 0 Å². The van der Waals surface area contributed by atoms with Crippen molar-refractivity contribution in [1.29, 1.82) is 0 Å². The second-order valence-electron chi connectivity index (χ2n) is 3.91. The summed E-state index contributed by atoms with van der Waals surface area (Å²) in [6.07, 6.45) is 2.65. The van der Waals surface area contributed by atoms with E-state index in [1.807, 2.05) is 12.1 Å². The van der Waals surface area contributed by atoms with E-state index in [1.54, 1.807) is 7.11 Å². The predicted molar refractivity (Wildman–Crippen MR) is 71.0 cm³/mol. The van der Waals surface area contributed by atoms with Gasteiger partial charge in [-0.15, -0.1) is 0 Å². The van der Waals surface area contributed by atoms with E-state index < -0.39 is 0 Å². The van der Waals surface area contributed by atoms with Crippen LogP contribution < -0.4 is 10.8 Å². The molecule has 0 unspecified atom stereocenters. The van der Waals surface area contributed by atoms with Gasteiger partial charge in [0.25, 0.3) is 0 Å².